The number of hydrogen-bond donors (Lipinski definition) is 2. The molecule has 0 spiro atoms. The molecule has 0 saturated carbocycles. The second-order valence-electron chi connectivity index (χ2n) is 5.15. The maximum atomic E-state index is 12.5. The van der Waals surface area contributed by atoms with Crippen LogP contribution < -0.4 is 10.6 Å². The summed E-state index contributed by atoms with van der Waals surface area (Å²) in [6.07, 6.45) is 4.61. The van der Waals surface area contributed by atoms with Crippen molar-refractivity contribution in [3.05, 3.63) is 81.6 Å². The summed E-state index contributed by atoms with van der Waals surface area (Å²) in [4.78, 5) is 28.8. The van der Waals surface area contributed by atoms with Gasteiger partial charge in [-0.3, -0.25) is 14.6 Å². The highest BCUT2D eigenvalue weighted by atomic mass is 127. The normalized spacial score (nSPS) is 10.3. The molecule has 25 heavy (non-hydrogen) atoms. The van der Waals surface area contributed by atoms with Gasteiger partial charge in [0.25, 0.3) is 11.8 Å². The van der Waals surface area contributed by atoms with Crippen molar-refractivity contribution in [1.82, 2.24) is 10.3 Å². The van der Waals surface area contributed by atoms with Crippen molar-refractivity contribution >= 4 is 40.1 Å². The monoisotopic (exact) mass is 447 g/mol. The zero-order valence-electron chi connectivity index (χ0n) is 13.0. The van der Waals surface area contributed by atoms with Gasteiger partial charge < -0.3 is 15.1 Å². The first kappa shape index (κ1) is 17.2. The van der Waals surface area contributed by atoms with Gasteiger partial charge in [0, 0.05) is 16.0 Å². The minimum absolute atomic E-state index is 0.271. The van der Waals surface area contributed by atoms with E-state index in [0.717, 1.165) is 3.57 Å². The Labute approximate surface area is 157 Å². The van der Waals surface area contributed by atoms with E-state index >= 15 is 0 Å². The molecule has 0 radical (unpaired) electrons. The Kier molecular flexibility index (Phi) is 5.44. The number of benzene rings is 1. The molecule has 0 aliphatic heterocycles. The Morgan fingerprint density at radius 3 is 2.72 bits per heavy atom. The number of nitrogens with one attached hydrogen (secondary N) is 2. The molecule has 2 aromatic heterocycles. The summed E-state index contributed by atoms with van der Waals surface area (Å²) in [5, 5.41) is 5.54. The van der Waals surface area contributed by atoms with Crippen molar-refractivity contribution in [2.24, 2.45) is 0 Å². The van der Waals surface area contributed by atoms with Crippen LogP contribution in [0.2, 0.25) is 0 Å². The first-order valence-electron chi connectivity index (χ1n) is 7.45. The molecule has 2 N–H and O–H groups in total. The van der Waals surface area contributed by atoms with E-state index in [0.29, 0.717) is 22.6 Å². The lowest BCUT2D eigenvalue weighted by molar-refractivity contribution is 0.0949. The molecule has 0 fully saturated rings. The third kappa shape index (κ3) is 4.44. The fourth-order valence-electron chi connectivity index (χ4n) is 2.18. The molecule has 0 bridgehead atoms. The Morgan fingerprint density at radius 1 is 1.12 bits per heavy atom. The summed E-state index contributed by atoms with van der Waals surface area (Å²) < 4.78 is 6.09. The summed E-state index contributed by atoms with van der Waals surface area (Å²) in [7, 11) is 0. The van der Waals surface area contributed by atoms with Crippen LogP contribution in [0.25, 0.3) is 0 Å². The van der Waals surface area contributed by atoms with E-state index in [1.165, 1.54) is 6.20 Å². The minimum atomic E-state index is -0.325. The van der Waals surface area contributed by atoms with Crippen LogP contribution in [0.1, 0.15) is 26.5 Å². The van der Waals surface area contributed by atoms with Gasteiger partial charge in [-0.2, -0.15) is 0 Å². The van der Waals surface area contributed by atoms with Gasteiger partial charge in [0.1, 0.15) is 5.76 Å². The predicted molar refractivity (Wildman–Crippen MR) is 101 cm³/mol. The van der Waals surface area contributed by atoms with E-state index in [9.17, 15) is 9.59 Å². The molecule has 7 heteroatoms. The van der Waals surface area contributed by atoms with E-state index in [1.54, 1.807) is 48.9 Å². The van der Waals surface area contributed by atoms with Crippen molar-refractivity contribution in [1.29, 1.82) is 0 Å². The zero-order chi connectivity index (χ0) is 17.6. The Bertz CT molecular complexity index is 880. The molecule has 2 amide bonds. The number of pyridine rings is 1. The van der Waals surface area contributed by atoms with Crippen LogP contribution in [0.5, 0.6) is 0 Å². The number of nitrogens with zero attached hydrogens (tertiary/aromatic N) is 1. The molecular weight excluding hydrogens is 433 g/mol. The Hall–Kier alpha value is -2.68. The number of rotatable bonds is 5. The fraction of sp³-hybridized carbons (Fsp3) is 0.0556. The third-order valence-electron chi connectivity index (χ3n) is 3.40. The average molecular weight is 447 g/mol. The van der Waals surface area contributed by atoms with Gasteiger partial charge in [-0.25, -0.2) is 0 Å². The van der Waals surface area contributed by atoms with E-state index in [4.69, 9.17) is 4.42 Å². The van der Waals surface area contributed by atoms with Gasteiger partial charge in [-0.15, -0.1) is 0 Å². The van der Waals surface area contributed by atoms with Crippen molar-refractivity contribution in [3.8, 4) is 0 Å². The van der Waals surface area contributed by atoms with Gasteiger partial charge in [0.15, 0.2) is 0 Å². The van der Waals surface area contributed by atoms with Gasteiger partial charge >= 0.3 is 0 Å². The maximum absolute atomic E-state index is 12.5. The Morgan fingerprint density at radius 2 is 2.00 bits per heavy atom. The van der Waals surface area contributed by atoms with Crippen LogP contribution in [0.4, 0.5) is 5.69 Å². The van der Waals surface area contributed by atoms with Gasteiger partial charge in [-0.05, 0) is 65.1 Å². The van der Waals surface area contributed by atoms with Crippen molar-refractivity contribution in [2.45, 2.75) is 6.54 Å². The number of carbonyl (C=O) groups excluding carboxylic acids is 2. The van der Waals surface area contributed by atoms with Crippen molar-refractivity contribution < 1.29 is 14.0 Å². The van der Waals surface area contributed by atoms with Crippen LogP contribution in [0.15, 0.2) is 65.5 Å². The molecule has 0 saturated heterocycles. The molecule has 6 nitrogen and oxygen atoms in total. The highest BCUT2D eigenvalue weighted by molar-refractivity contribution is 14.1. The number of aromatic nitrogens is 1. The summed E-state index contributed by atoms with van der Waals surface area (Å²) >= 11 is 2.12. The maximum Gasteiger partial charge on any atom is 0.257 e. The lowest BCUT2D eigenvalue weighted by Gasteiger charge is -2.12. The second kappa shape index (κ2) is 7.93. The summed E-state index contributed by atoms with van der Waals surface area (Å²) in [5.74, 6) is 0.0331. The number of hydrogen-bond acceptors (Lipinski definition) is 4. The number of halogens is 1. The van der Waals surface area contributed by atoms with Gasteiger partial charge in [0.2, 0.25) is 0 Å². The largest absolute Gasteiger partial charge is 0.467 e. The smallest absolute Gasteiger partial charge is 0.257 e. The SMILES string of the molecule is O=C(Nc1ccc(I)cc1C(=O)NCc1ccco1)c1cccnc1. The number of furan rings is 1. The van der Waals surface area contributed by atoms with E-state index in [-0.39, 0.29) is 18.4 Å². The molecular formula is C18H14IN3O3. The lowest BCUT2D eigenvalue weighted by Crippen LogP contribution is -2.25. The van der Waals surface area contributed by atoms with Crippen LogP contribution >= 0.6 is 22.6 Å². The highest BCUT2D eigenvalue weighted by Crippen LogP contribution is 2.20. The van der Waals surface area contributed by atoms with E-state index < -0.39 is 0 Å². The van der Waals surface area contributed by atoms with Crippen molar-refractivity contribution in [2.75, 3.05) is 5.32 Å². The lowest BCUT2D eigenvalue weighted by atomic mass is 10.1. The summed E-state index contributed by atoms with van der Waals surface area (Å²) in [6.45, 7) is 0.271. The fourth-order valence-corrected chi connectivity index (χ4v) is 2.67. The van der Waals surface area contributed by atoms with Crippen LogP contribution in [0, 0.1) is 3.57 Å². The molecule has 1 aromatic carbocycles. The second-order valence-corrected chi connectivity index (χ2v) is 6.39. The first-order valence-corrected chi connectivity index (χ1v) is 8.53. The first-order chi connectivity index (χ1) is 12.1. The number of amides is 2. The van der Waals surface area contributed by atoms with Crippen LogP contribution in [-0.4, -0.2) is 16.8 Å². The average Bonchev–Trinajstić information content (AvgIpc) is 3.15. The van der Waals surface area contributed by atoms with E-state index in [1.807, 2.05) is 6.07 Å². The number of carbonyl (C=O) groups is 2. The molecule has 0 atom stereocenters. The molecule has 126 valence electrons. The van der Waals surface area contributed by atoms with Crippen LogP contribution in [0.3, 0.4) is 0 Å². The van der Waals surface area contributed by atoms with E-state index in [2.05, 4.69) is 38.2 Å². The quantitative estimate of drug-likeness (QED) is 0.587. The topological polar surface area (TPSA) is 84.2 Å². The van der Waals surface area contributed by atoms with Gasteiger partial charge in [0.05, 0.1) is 29.6 Å². The number of anilines is 1. The third-order valence-corrected chi connectivity index (χ3v) is 4.07. The molecule has 2 heterocycles. The predicted octanol–water partition coefficient (Wildman–Crippen LogP) is 3.46. The van der Waals surface area contributed by atoms with Gasteiger partial charge in [-0.1, -0.05) is 0 Å². The van der Waals surface area contributed by atoms with Crippen molar-refractivity contribution in [3.63, 3.8) is 0 Å². The van der Waals surface area contributed by atoms with Crippen LogP contribution in [-0.2, 0) is 6.54 Å². The minimum Gasteiger partial charge on any atom is -0.467 e. The molecule has 3 rings (SSSR count). The molecule has 3 aromatic rings. The molecule has 0 aliphatic carbocycles. The highest BCUT2D eigenvalue weighted by Gasteiger charge is 2.15. The zero-order valence-corrected chi connectivity index (χ0v) is 15.2. The molecule has 0 aliphatic rings. The standard InChI is InChI=1S/C18H14IN3O3/c19-13-5-6-16(22-17(23)12-3-1-7-20-10-12)15(9-13)18(24)21-11-14-4-2-8-25-14/h1-10H,11H2,(H,21,24)(H,22,23). The summed E-state index contributed by atoms with van der Waals surface area (Å²) in [6, 6.07) is 12.1. The Balaban J connectivity index is 1.78. The molecule has 0 unspecified atom stereocenters. The summed E-state index contributed by atoms with van der Waals surface area (Å²) in [5.41, 5.74) is 1.24.